The minimum atomic E-state index is -1.000. The smallest absolute Gasteiger partial charge is 0.335 e. The van der Waals surface area contributed by atoms with E-state index in [1.807, 2.05) is 18.2 Å². The highest BCUT2D eigenvalue weighted by molar-refractivity contribution is 5.92. The first-order chi connectivity index (χ1) is 13.4. The molecule has 0 amide bonds. The average Bonchev–Trinajstić information content (AvgIpc) is 3.00. The van der Waals surface area contributed by atoms with E-state index in [0.717, 1.165) is 16.7 Å². The van der Waals surface area contributed by atoms with Crippen LogP contribution in [0.15, 0.2) is 34.7 Å². The summed E-state index contributed by atoms with van der Waals surface area (Å²) in [5, 5.41) is 19.9. The Balaban J connectivity index is 2.04. The molecule has 3 aromatic rings. The molecule has 0 unspecified atom stereocenters. The summed E-state index contributed by atoms with van der Waals surface area (Å²) in [5.41, 5.74) is 3.49. The summed E-state index contributed by atoms with van der Waals surface area (Å²) in [5.74, 6) is -0.268. The maximum absolute atomic E-state index is 11.1. The van der Waals surface area contributed by atoms with Gasteiger partial charge in [-0.05, 0) is 52.8 Å². The molecule has 0 radical (unpaired) electrons. The van der Waals surface area contributed by atoms with Gasteiger partial charge in [-0.1, -0.05) is 41.5 Å². The molecule has 2 N–H and O–H groups in total. The highest BCUT2D eigenvalue weighted by Crippen LogP contribution is 2.40. The van der Waals surface area contributed by atoms with Crippen molar-refractivity contribution in [3.05, 3.63) is 58.5 Å². The number of phenolic OH excluding ortho intramolecular Hbond substituents is 1. The largest absolute Gasteiger partial charge is 0.507 e. The van der Waals surface area contributed by atoms with E-state index in [2.05, 4.69) is 46.5 Å². The molecule has 0 spiro atoms. The van der Waals surface area contributed by atoms with Crippen molar-refractivity contribution >= 4 is 29.2 Å². The SMILES string of the molecule is CC(C)(C)c1cc(C=Cc2nc3cc(C(=O)O)ccc3o2)cc(C(C)(C)C)c1O. The molecule has 0 saturated heterocycles. The Kier molecular flexibility index (Phi) is 5.03. The molecule has 2 aromatic carbocycles. The number of aromatic nitrogens is 1. The van der Waals surface area contributed by atoms with Crippen LogP contribution in [0.25, 0.3) is 23.3 Å². The number of oxazole rings is 1. The Bertz CT molecular complexity index is 1070. The van der Waals surface area contributed by atoms with Crippen molar-refractivity contribution in [2.24, 2.45) is 0 Å². The molecule has 0 saturated carbocycles. The van der Waals surface area contributed by atoms with Crippen molar-refractivity contribution in [2.75, 3.05) is 0 Å². The van der Waals surface area contributed by atoms with Gasteiger partial charge in [0.2, 0.25) is 5.89 Å². The van der Waals surface area contributed by atoms with E-state index in [1.54, 1.807) is 12.1 Å². The summed E-state index contributed by atoms with van der Waals surface area (Å²) in [4.78, 5) is 15.5. The number of carboxylic acid groups (broad SMARTS) is 1. The minimum Gasteiger partial charge on any atom is -0.507 e. The van der Waals surface area contributed by atoms with E-state index in [1.165, 1.54) is 12.1 Å². The van der Waals surface area contributed by atoms with Gasteiger partial charge in [-0.3, -0.25) is 0 Å². The summed E-state index contributed by atoms with van der Waals surface area (Å²) in [7, 11) is 0. The van der Waals surface area contributed by atoms with Crippen molar-refractivity contribution in [3.63, 3.8) is 0 Å². The lowest BCUT2D eigenvalue weighted by molar-refractivity contribution is 0.0697. The highest BCUT2D eigenvalue weighted by Gasteiger charge is 2.26. The topological polar surface area (TPSA) is 83.6 Å². The van der Waals surface area contributed by atoms with Gasteiger partial charge in [0.15, 0.2) is 5.58 Å². The zero-order chi connectivity index (χ0) is 21.6. The average molecular weight is 393 g/mol. The molecule has 5 nitrogen and oxygen atoms in total. The molecule has 0 aliphatic carbocycles. The molecule has 0 aliphatic rings. The van der Waals surface area contributed by atoms with Gasteiger partial charge >= 0.3 is 5.97 Å². The number of aromatic carboxylic acids is 1. The second kappa shape index (κ2) is 7.07. The molecule has 1 aromatic heterocycles. The van der Waals surface area contributed by atoms with Gasteiger partial charge in [-0.25, -0.2) is 9.78 Å². The second-order valence-corrected chi connectivity index (χ2v) is 9.34. The molecule has 0 aliphatic heterocycles. The molecular weight excluding hydrogens is 366 g/mol. The van der Waals surface area contributed by atoms with Crippen molar-refractivity contribution < 1.29 is 19.4 Å². The van der Waals surface area contributed by atoms with Gasteiger partial charge < -0.3 is 14.6 Å². The van der Waals surface area contributed by atoms with Crippen molar-refractivity contribution in [1.82, 2.24) is 4.98 Å². The molecule has 1 heterocycles. The number of phenols is 1. The fourth-order valence-corrected chi connectivity index (χ4v) is 3.21. The number of aromatic hydroxyl groups is 1. The van der Waals surface area contributed by atoms with Crippen LogP contribution in [0.1, 0.15) is 74.5 Å². The van der Waals surface area contributed by atoms with Crippen LogP contribution in [0.5, 0.6) is 5.75 Å². The summed E-state index contributed by atoms with van der Waals surface area (Å²) < 4.78 is 5.70. The standard InChI is InChI=1S/C24H27NO4/c1-23(2,3)16-11-14(12-17(21(16)26)24(4,5)6)7-10-20-25-18-13-15(22(27)28)8-9-19(18)29-20/h7-13,26H,1-6H3,(H,27,28). The van der Waals surface area contributed by atoms with Crippen LogP contribution in [0.2, 0.25) is 0 Å². The van der Waals surface area contributed by atoms with E-state index in [9.17, 15) is 9.90 Å². The van der Waals surface area contributed by atoms with Crippen LogP contribution in [0.4, 0.5) is 0 Å². The van der Waals surface area contributed by atoms with E-state index in [0.29, 0.717) is 22.7 Å². The molecule has 29 heavy (non-hydrogen) atoms. The Morgan fingerprint density at radius 3 is 2.07 bits per heavy atom. The van der Waals surface area contributed by atoms with Crippen molar-refractivity contribution in [2.45, 2.75) is 52.4 Å². The first-order valence-electron chi connectivity index (χ1n) is 9.56. The van der Waals surface area contributed by atoms with Crippen molar-refractivity contribution in [3.8, 4) is 5.75 Å². The highest BCUT2D eigenvalue weighted by atomic mass is 16.4. The quantitative estimate of drug-likeness (QED) is 0.570. The van der Waals surface area contributed by atoms with Crippen LogP contribution in [0.3, 0.4) is 0 Å². The number of carbonyl (C=O) groups is 1. The molecule has 0 bridgehead atoms. The van der Waals surface area contributed by atoms with E-state index < -0.39 is 5.97 Å². The summed E-state index contributed by atoms with van der Waals surface area (Å²) in [6.07, 6.45) is 3.65. The molecule has 0 fully saturated rings. The lowest BCUT2D eigenvalue weighted by Crippen LogP contribution is -2.17. The monoisotopic (exact) mass is 393 g/mol. The maximum atomic E-state index is 11.1. The zero-order valence-corrected chi connectivity index (χ0v) is 17.7. The number of nitrogens with zero attached hydrogens (tertiary/aromatic N) is 1. The van der Waals surface area contributed by atoms with E-state index >= 15 is 0 Å². The Hall–Kier alpha value is -3.08. The number of carboxylic acids is 1. The van der Waals surface area contributed by atoms with Gasteiger partial charge in [0.1, 0.15) is 11.3 Å². The number of hydrogen-bond acceptors (Lipinski definition) is 4. The van der Waals surface area contributed by atoms with Crippen LogP contribution in [0, 0.1) is 0 Å². The molecular formula is C24H27NO4. The molecule has 3 rings (SSSR count). The Morgan fingerprint density at radius 2 is 1.55 bits per heavy atom. The minimum absolute atomic E-state index is 0.171. The Labute approximate surface area is 170 Å². The molecule has 152 valence electrons. The lowest BCUT2D eigenvalue weighted by atomic mass is 9.78. The summed E-state index contributed by atoms with van der Waals surface area (Å²) in [6.45, 7) is 12.4. The van der Waals surface area contributed by atoms with Gasteiger partial charge in [-0.2, -0.15) is 0 Å². The van der Waals surface area contributed by atoms with Crippen LogP contribution in [-0.2, 0) is 10.8 Å². The molecule has 5 heteroatoms. The second-order valence-electron chi connectivity index (χ2n) is 9.34. The van der Waals surface area contributed by atoms with Crippen LogP contribution >= 0.6 is 0 Å². The van der Waals surface area contributed by atoms with Crippen molar-refractivity contribution in [1.29, 1.82) is 0 Å². The number of fused-ring (bicyclic) bond motifs is 1. The predicted octanol–water partition coefficient (Wildman–Crippen LogP) is 6.00. The number of hydrogen-bond donors (Lipinski definition) is 2. The number of rotatable bonds is 3. The third-order valence-corrected chi connectivity index (χ3v) is 4.82. The lowest BCUT2D eigenvalue weighted by Gasteiger charge is -2.27. The van der Waals surface area contributed by atoms with Gasteiger partial charge in [0, 0.05) is 17.2 Å². The predicted molar refractivity (Wildman–Crippen MR) is 115 cm³/mol. The summed E-state index contributed by atoms with van der Waals surface area (Å²) in [6, 6.07) is 8.56. The Morgan fingerprint density at radius 1 is 0.966 bits per heavy atom. The van der Waals surface area contributed by atoms with Crippen LogP contribution < -0.4 is 0 Å². The van der Waals surface area contributed by atoms with Gasteiger partial charge in [0.25, 0.3) is 0 Å². The third-order valence-electron chi connectivity index (χ3n) is 4.82. The van der Waals surface area contributed by atoms with E-state index in [-0.39, 0.29) is 16.4 Å². The third kappa shape index (κ3) is 4.34. The fraction of sp³-hybridized carbons (Fsp3) is 0.333. The molecule has 0 atom stereocenters. The van der Waals surface area contributed by atoms with Gasteiger partial charge in [-0.15, -0.1) is 0 Å². The van der Waals surface area contributed by atoms with E-state index in [4.69, 9.17) is 9.52 Å². The maximum Gasteiger partial charge on any atom is 0.335 e. The van der Waals surface area contributed by atoms with Gasteiger partial charge in [0.05, 0.1) is 5.56 Å². The number of benzene rings is 2. The van der Waals surface area contributed by atoms with Crippen LogP contribution in [-0.4, -0.2) is 21.2 Å². The summed E-state index contributed by atoms with van der Waals surface area (Å²) >= 11 is 0. The first-order valence-corrected chi connectivity index (χ1v) is 9.56. The fourth-order valence-electron chi connectivity index (χ4n) is 3.21. The zero-order valence-electron chi connectivity index (χ0n) is 17.7. The first kappa shape index (κ1) is 20.6. The normalized spacial score (nSPS) is 12.8.